The van der Waals surface area contributed by atoms with Crippen LogP contribution in [0.1, 0.15) is 0 Å². The highest BCUT2D eigenvalue weighted by molar-refractivity contribution is 5.21. The SMILES string of the molecule is [CH2]ON=C. The third kappa shape index (κ3) is 1.47. The van der Waals surface area contributed by atoms with Gasteiger partial charge in [-0.2, -0.15) is 0 Å². The van der Waals surface area contributed by atoms with Crippen molar-refractivity contribution in [3.8, 4) is 0 Å². The molecule has 0 aromatic heterocycles. The van der Waals surface area contributed by atoms with E-state index in [2.05, 4.69) is 23.8 Å². The average Bonchev–Trinajstić information content (AvgIpc) is 1.37. The molecule has 0 aromatic carbocycles. The van der Waals surface area contributed by atoms with Gasteiger partial charge in [0.1, 0.15) is 0 Å². The van der Waals surface area contributed by atoms with Crippen LogP contribution in [0.25, 0.3) is 0 Å². The van der Waals surface area contributed by atoms with Crippen molar-refractivity contribution >= 4 is 6.72 Å². The zero-order chi connectivity index (χ0) is 3.41. The van der Waals surface area contributed by atoms with Gasteiger partial charge in [-0.15, -0.1) is 5.16 Å². The molecule has 0 aliphatic carbocycles. The van der Waals surface area contributed by atoms with E-state index in [0.717, 1.165) is 0 Å². The summed E-state index contributed by atoms with van der Waals surface area (Å²) in [4.78, 5) is 3.81. The van der Waals surface area contributed by atoms with E-state index in [1.54, 1.807) is 0 Å². The van der Waals surface area contributed by atoms with Gasteiger partial charge in [-0.3, -0.25) is 0 Å². The van der Waals surface area contributed by atoms with E-state index >= 15 is 0 Å². The van der Waals surface area contributed by atoms with Gasteiger partial charge in [-0.25, -0.2) is 0 Å². The topological polar surface area (TPSA) is 21.6 Å². The van der Waals surface area contributed by atoms with Gasteiger partial charge in [0.2, 0.25) is 0 Å². The summed E-state index contributed by atoms with van der Waals surface area (Å²) in [6.07, 6.45) is 0. The molecule has 0 aromatic rings. The summed E-state index contributed by atoms with van der Waals surface area (Å²) < 4.78 is 0. The number of oxime groups is 1. The molecule has 0 aliphatic heterocycles. The molecule has 0 saturated heterocycles. The average molecular weight is 58.1 g/mol. The van der Waals surface area contributed by atoms with Crippen LogP contribution in [0.15, 0.2) is 5.16 Å². The van der Waals surface area contributed by atoms with Crippen LogP contribution in [0.2, 0.25) is 0 Å². The van der Waals surface area contributed by atoms with Crippen LogP contribution < -0.4 is 0 Å². The summed E-state index contributed by atoms with van der Waals surface area (Å²) in [6.45, 7) is 2.94. The molecule has 0 N–H and O–H groups in total. The minimum atomic E-state index is 2.88. The molecule has 0 rings (SSSR count). The van der Waals surface area contributed by atoms with Crippen molar-refractivity contribution in [1.82, 2.24) is 0 Å². The molecule has 0 spiro atoms. The van der Waals surface area contributed by atoms with Gasteiger partial charge in [0.25, 0.3) is 0 Å². The molecular formula is C2H4NO. The molecule has 2 nitrogen and oxygen atoms in total. The zero-order valence-electron chi connectivity index (χ0n) is 2.27. The van der Waals surface area contributed by atoms with Crippen LogP contribution in [0.5, 0.6) is 0 Å². The lowest BCUT2D eigenvalue weighted by atomic mass is 11.7. The molecule has 0 atom stereocenters. The standard InChI is InChI=1S/C2H4NO/c1-3-4-2/h1-2H2. The lowest BCUT2D eigenvalue weighted by molar-refractivity contribution is 0.264. The molecule has 0 aliphatic rings. The van der Waals surface area contributed by atoms with E-state index in [1.807, 2.05) is 0 Å². The van der Waals surface area contributed by atoms with Gasteiger partial charge in [-0.05, 0) is 0 Å². The highest BCUT2D eigenvalue weighted by Crippen LogP contribution is 1.54. The number of nitrogens with zero attached hydrogens (tertiary/aromatic N) is 1. The van der Waals surface area contributed by atoms with E-state index in [-0.39, 0.29) is 0 Å². The fraction of sp³-hybridized carbons (Fsp3) is 0. The minimum Gasteiger partial charge on any atom is -0.393 e. The van der Waals surface area contributed by atoms with Crippen molar-refractivity contribution in [1.29, 1.82) is 0 Å². The van der Waals surface area contributed by atoms with Crippen LogP contribution in [-0.4, -0.2) is 6.72 Å². The Hall–Kier alpha value is -0.530. The molecule has 4 heavy (non-hydrogen) atoms. The first-order chi connectivity index (χ1) is 1.91. The van der Waals surface area contributed by atoms with Crippen LogP contribution >= 0.6 is 0 Å². The maximum absolute atomic E-state index is 3.81. The summed E-state index contributed by atoms with van der Waals surface area (Å²) >= 11 is 0. The fourth-order valence-corrected chi connectivity index (χ4v) is 0. The zero-order valence-corrected chi connectivity index (χ0v) is 2.27. The monoisotopic (exact) mass is 58.0 g/mol. The third-order valence-corrected chi connectivity index (χ3v) is 0.0913. The second-order valence-electron chi connectivity index (χ2n) is 0.258. The molecule has 0 saturated carbocycles. The highest BCUT2D eigenvalue weighted by atomic mass is 16.6. The van der Waals surface area contributed by atoms with Gasteiger partial charge < -0.3 is 4.84 Å². The maximum Gasteiger partial charge on any atom is 0.153 e. The number of hydrogen-bond donors (Lipinski definition) is 0. The van der Waals surface area contributed by atoms with Gasteiger partial charge in [-0.1, -0.05) is 0 Å². The van der Waals surface area contributed by atoms with Gasteiger partial charge in [0.15, 0.2) is 7.11 Å². The molecule has 2 heteroatoms. The largest absolute Gasteiger partial charge is 0.393 e. The van der Waals surface area contributed by atoms with Crippen LogP contribution in [-0.2, 0) is 4.84 Å². The van der Waals surface area contributed by atoms with Crippen LogP contribution in [0, 0.1) is 7.11 Å². The van der Waals surface area contributed by atoms with Crippen LogP contribution in [0.4, 0.5) is 0 Å². The van der Waals surface area contributed by atoms with Crippen molar-refractivity contribution in [2.75, 3.05) is 0 Å². The first kappa shape index (κ1) is 3.47. The Morgan fingerprint density at radius 1 is 1.75 bits per heavy atom. The van der Waals surface area contributed by atoms with Gasteiger partial charge in [0, 0.05) is 6.72 Å². The van der Waals surface area contributed by atoms with Crippen molar-refractivity contribution in [2.24, 2.45) is 5.16 Å². The van der Waals surface area contributed by atoms with Crippen molar-refractivity contribution in [2.45, 2.75) is 0 Å². The molecular weight excluding hydrogens is 54.0 g/mol. The maximum atomic E-state index is 3.81. The number of hydrogen-bond acceptors (Lipinski definition) is 2. The summed E-state index contributed by atoms with van der Waals surface area (Å²) in [7, 11) is 2.88. The summed E-state index contributed by atoms with van der Waals surface area (Å²) in [5, 5.41) is 2.88. The fourth-order valence-electron chi connectivity index (χ4n) is 0. The Bertz CT molecular complexity index is 20.0. The molecule has 0 fully saturated rings. The van der Waals surface area contributed by atoms with E-state index in [0.29, 0.717) is 0 Å². The van der Waals surface area contributed by atoms with Crippen molar-refractivity contribution < 1.29 is 4.84 Å². The van der Waals surface area contributed by atoms with Crippen molar-refractivity contribution in [3.63, 3.8) is 0 Å². The molecule has 0 bridgehead atoms. The first-order valence-corrected chi connectivity index (χ1v) is 0.787. The van der Waals surface area contributed by atoms with Crippen LogP contribution in [0.3, 0.4) is 0 Å². The third-order valence-electron chi connectivity index (χ3n) is 0.0913. The lowest BCUT2D eigenvalue weighted by Crippen LogP contribution is -1.49. The quantitative estimate of drug-likeness (QED) is 0.316. The summed E-state index contributed by atoms with van der Waals surface area (Å²) in [5.74, 6) is 0. The highest BCUT2D eigenvalue weighted by Gasteiger charge is 1.36. The Morgan fingerprint density at radius 3 is 2.00 bits per heavy atom. The molecule has 0 heterocycles. The normalized spacial score (nSPS) is 5.25. The number of rotatable bonds is 1. The first-order valence-electron chi connectivity index (χ1n) is 0.787. The summed E-state index contributed by atoms with van der Waals surface area (Å²) in [5.41, 5.74) is 0. The Balaban J connectivity index is 2.30. The summed E-state index contributed by atoms with van der Waals surface area (Å²) in [6, 6.07) is 0. The molecule has 23 valence electrons. The second kappa shape index (κ2) is 2.47. The van der Waals surface area contributed by atoms with Crippen molar-refractivity contribution in [3.05, 3.63) is 7.11 Å². The lowest BCUT2D eigenvalue weighted by Gasteiger charge is -1.70. The van der Waals surface area contributed by atoms with E-state index in [1.165, 1.54) is 0 Å². The smallest absolute Gasteiger partial charge is 0.153 e. The Morgan fingerprint density at radius 2 is 2.00 bits per heavy atom. The minimum absolute atomic E-state index is 2.88. The van der Waals surface area contributed by atoms with Gasteiger partial charge in [0.05, 0.1) is 0 Å². The van der Waals surface area contributed by atoms with E-state index in [9.17, 15) is 0 Å². The predicted molar refractivity (Wildman–Crippen MR) is 16.0 cm³/mol. The van der Waals surface area contributed by atoms with E-state index < -0.39 is 0 Å². The predicted octanol–water partition coefficient (Wildman–Crippen LogP) is 0.410. The van der Waals surface area contributed by atoms with E-state index in [4.69, 9.17) is 0 Å². The second-order valence-corrected chi connectivity index (χ2v) is 0.258. The van der Waals surface area contributed by atoms with Gasteiger partial charge >= 0.3 is 0 Å². The molecule has 0 unspecified atom stereocenters. The molecule has 0 amide bonds. The molecule has 1 radical (unpaired) electrons. The Kier molecular flexibility index (Phi) is 2.14. The Labute approximate surface area is 25.1 Å².